The van der Waals surface area contributed by atoms with Crippen molar-refractivity contribution in [2.75, 3.05) is 0 Å². The van der Waals surface area contributed by atoms with E-state index in [2.05, 4.69) is 81.0 Å². The van der Waals surface area contributed by atoms with Crippen LogP contribution in [0.2, 0.25) is 0 Å². The van der Waals surface area contributed by atoms with Crippen LogP contribution >= 0.6 is 0 Å². The van der Waals surface area contributed by atoms with Crippen LogP contribution in [0.1, 0.15) is 61.2 Å². The Balaban J connectivity index is 1.46. The molecule has 4 heteroatoms. The number of benzene rings is 2. The fourth-order valence-corrected chi connectivity index (χ4v) is 4.46. The monoisotopic (exact) mass is 417 g/mol. The van der Waals surface area contributed by atoms with Gasteiger partial charge in [0.2, 0.25) is 0 Å². The van der Waals surface area contributed by atoms with Gasteiger partial charge >= 0.3 is 0 Å². The van der Waals surface area contributed by atoms with E-state index < -0.39 is 0 Å². The minimum atomic E-state index is -0.194. The molecular weight excluding hydrogens is 385 g/mol. The lowest BCUT2D eigenvalue weighted by Gasteiger charge is -2.19. The van der Waals surface area contributed by atoms with Crippen LogP contribution in [-0.4, -0.2) is 15.8 Å². The summed E-state index contributed by atoms with van der Waals surface area (Å²) < 4.78 is 15.2. The Hall–Kier alpha value is -2.72. The van der Waals surface area contributed by atoms with Crippen molar-refractivity contribution in [2.24, 2.45) is 0 Å². The SMILES string of the molecule is Cc1nn(-c2ccc(C(C)(C)C)cc2)c(C)c1[C@H]1C=C[C@@H](NCc2ccc(F)cc2)C1. The molecule has 0 saturated carbocycles. The van der Waals surface area contributed by atoms with E-state index in [1.165, 1.54) is 29.0 Å². The number of hydrogen-bond donors (Lipinski definition) is 1. The van der Waals surface area contributed by atoms with Crippen LogP contribution in [0.25, 0.3) is 5.69 Å². The number of allylic oxidation sites excluding steroid dienone is 1. The number of nitrogens with one attached hydrogen (secondary N) is 1. The van der Waals surface area contributed by atoms with Crippen LogP contribution in [0.4, 0.5) is 4.39 Å². The highest BCUT2D eigenvalue weighted by atomic mass is 19.1. The van der Waals surface area contributed by atoms with E-state index in [4.69, 9.17) is 5.10 Å². The predicted octanol–water partition coefficient (Wildman–Crippen LogP) is 6.13. The van der Waals surface area contributed by atoms with E-state index in [1.807, 2.05) is 12.1 Å². The van der Waals surface area contributed by atoms with Crippen LogP contribution in [0.3, 0.4) is 0 Å². The highest BCUT2D eigenvalue weighted by Gasteiger charge is 2.26. The number of rotatable bonds is 5. The summed E-state index contributed by atoms with van der Waals surface area (Å²) in [6.07, 6.45) is 5.56. The van der Waals surface area contributed by atoms with Gasteiger partial charge in [-0.25, -0.2) is 9.07 Å². The van der Waals surface area contributed by atoms with Gasteiger partial charge in [0.25, 0.3) is 0 Å². The smallest absolute Gasteiger partial charge is 0.123 e. The molecule has 2 aromatic carbocycles. The molecule has 31 heavy (non-hydrogen) atoms. The van der Waals surface area contributed by atoms with Crippen molar-refractivity contribution in [2.45, 2.75) is 65.0 Å². The minimum Gasteiger partial charge on any atom is -0.306 e. The van der Waals surface area contributed by atoms with E-state index in [1.54, 1.807) is 0 Å². The molecule has 3 nitrogen and oxygen atoms in total. The van der Waals surface area contributed by atoms with Crippen molar-refractivity contribution >= 4 is 0 Å². The fourth-order valence-electron chi connectivity index (χ4n) is 4.46. The molecule has 0 aliphatic heterocycles. The van der Waals surface area contributed by atoms with Crippen LogP contribution in [0.15, 0.2) is 60.7 Å². The second-order valence-electron chi connectivity index (χ2n) is 9.63. The molecule has 0 unspecified atom stereocenters. The normalized spacial score (nSPS) is 18.6. The first-order valence-corrected chi connectivity index (χ1v) is 11.1. The molecule has 0 radical (unpaired) electrons. The van der Waals surface area contributed by atoms with E-state index in [0.29, 0.717) is 12.0 Å². The maximum atomic E-state index is 13.1. The minimum absolute atomic E-state index is 0.142. The van der Waals surface area contributed by atoms with Gasteiger partial charge in [-0.05, 0) is 61.1 Å². The van der Waals surface area contributed by atoms with E-state index in [-0.39, 0.29) is 11.2 Å². The Bertz CT molecular complexity index is 1070. The predicted molar refractivity (Wildman–Crippen MR) is 125 cm³/mol. The average Bonchev–Trinajstić information content (AvgIpc) is 3.30. The van der Waals surface area contributed by atoms with Crippen molar-refractivity contribution in [3.63, 3.8) is 0 Å². The second kappa shape index (κ2) is 8.43. The molecule has 1 heterocycles. The van der Waals surface area contributed by atoms with Gasteiger partial charge in [-0.15, -0.1) is 0 Å². The van der Waals surface area contributed by atoms with Crippen molar-refractivity contribution in [1.29, 1.82) is 0 Å². The van der Waals surface area contributed by atoms with Crippen LogP contribution in [-0.2, 0) is 12.0 Å². The topological polar surface area (TPSA) is 29.9 Å². The van der Waals surface area contributed by atoms with Crippen LogP contribution in [0, 0.1) is 19.7 Å². The van der Waals surface area contributed by atoms with Gasteiger partial charge in [0, 0.05) is 29.8 Å². The van der Waals surface area contributed by atoms with Gasteiger partial charge in [0.15, 0.2) is 0 Å². The number of nitrogens with zero attached hydrogens (tertiary/aromatic N) is 2. The molecule has 1 N–H and O–H groups in total. The first-order chi connectivity index (χ1) is 14.7. The molecule has 0 fully saturated rings. The average molecular weight is 418 g/mol. The number of aryl methyl sites for hydroxylation is 1. The van der Waals surface area contributed by atoms with E-state index in [9.17, 15) is 4.39 Å². The zero-order valence-electron chi connectivity index (χ0n) is 19.1. The third kappa shape index (κ3) is 4.64. The van der Waals surface area contributed by atoms with Crippen molar-refractivity contribution in [1.82, 2.24) is 15.1 Å². The van der Waals surface area contributed by atoms with Crippen molar-refractivity contribution in [3.05, 3.63) is 94.6 Å². The Morgan fingerprint density at radius 2 is 1.68 bits per heavy atom. The zero-order chi connectivity index (χ0) is 22.2. The zero-order valence-corrected chi connectivity index (χ0v) is 19.1. The van der Waals surface area contributed by atoms with Gasteiger partial charge in [0.1, 0.15) is 5.82 Å². The summed E-state index contributed by atoms with van der Waals surface area (Å²) in [7, 11) is 0. The fraction of sp³-hybridized carbons (Fsp3) is 0.370. The maximum Gasteiger partial charge on any atom is 0.123 e. The van der Waals surface area contributed by atoms with Crippen molar-refractivity contribution < 1.29 is 4.39 Å². The molecule has 1 aromatic heterocycles. The third-order valence-electron chi connectivity index (χ3n) is 6.26. The summed E-state index contributed by atoms with van der Waals surface area (Å²) in [4.78, 5) is 0. The standard InChI is InChI=1S/C27H32FN3/c1-18-26(19(2)31(30-18)25-14-9-22(10-15-25)27(3,4)5)21-8-13-24(16-21)29-17-20-6-11-23(28)12-7-20/h6-15,21,24,29H,16-17H2,1-5H3/t21-,24+/m0/s1. The molecule has 1 aliphatic carbocycles. The summed E-state index contributed by atoms with van der Waals surface area (Å²) >= 11 is 0. The van der Waals surface area contributed by atoms with Gasteiger partial charge in [0.05, 0.1) is 11.4 Å². The second-order valence-corrected chi connectivity index (χ2v) is 9.63. The lowest BCUT2D eigenvalue weighted by Crippen LogP contribution is -2.25. The Morgan fingerprint density at radius 1 is 1.00 bits per heavy atom. The van der Waals surface area contributed by atoms with Gasteiger partial charge in [-0.2, -0.15) is 5.10 Å². The molecule has 4 rings (SSSR count). The van der Waals surface area contributed by atoms with Crippen LogP contribution in [0.5, 0.6) is 0 Å². The molecular formula is C27H32FN3. The molecule has 2 atom stereocenters. The van der Waals surface area contributed by atoms with Gasteiger partial charge in [-0.3, -0.25) is 0 Å². The summed E-state index contributed by atoms with van der Waals surface area (Å²) in [5.41, 5.74) is 7.28. The van der Waals surface area contributed by atoms with Gasteiger partial charge < -0.3 is 5.32 Å². The summed E-state index contributed by atoms with van der Waals surface area (Å²) in [5, 5.41) is 8.45. The molecule has 0 amide bonds. The number of aromatic nitrogens is 2. The molecule has 0 bridgehead atoms. The third-order valence-corrected chi connectivity index (χ3v) is 6.26. The van der Waals surface area contributed by atoms with Crippen molar-refractivity contribution in [3.8, 4) is 5.69 Å². The van der Waals surface area contributed by atoms with Crippen LogP contribution < -0.4 is 5.32 Å². The Morgan fingerprint density at radius 3 is 2.32 bits per heavy atom. The summed E-state index contributed by atoms with van der Waals surface area (Å²) in [6, 6.07) is 15.8. The molecule has 1 aliphatic rings. The largest absolute Gasteiger partial charge is 0.306 e. The lowest BCUT2D eigenvalue weighted by atomic mass is 9.87. The lowest BCUT2D eigenvalue weighted by molar-refractivity contribution is 0.558. The number of hydrogen-bond acceptors (Lipinski definition) is 2. The van der Waals surface area contributed by atoms with Gasteiger partial charge in [-0.1, -0.05) is 57.2 Å². The number of halogens is 1. The molecule has 3 aromatic rings. The highest BCUT2D eigenvalue weighted by Crippen LogP contribution is 2.34. The molecule has 162 valence electrons. The van der Waals surface area contributed by atoms with E-state index in [0.717, 1.165) is 29.9 Å². The highest BCUT2D eigenvalue weighted by molar-refractivity contribution is 5.43. The Kier molecular flexibility index (Phi) is 5.85. The molecule has 0 spiro atoms. The summed E-state index contributed by atoms with van der Waals surface area (Å²) in [5.74, 6) is 0.161. The molecule has 0 saturated heterocycles. The van der Waals surface area contributed by atoms with E-state index >= 15 is 0 Å². The first kappa shape index (κ1) is 21.5. The maximum absolute atomic E-state index is 13.1. The Labute approximate surface area is 185 Å². The summed E-state index contributed by atoms with van der Waals surface area (Å²) in [6.45, 7) is 11.7. The quantitative estimate of drug-likeness (QED) is 0.506. The first-order valence-electron chi connectivity index (χ1n) is 11.1.